The molecule has 0 radical (unpaired) electrons. The summed E-state index contributed by atoms with van der Waals surface area (Å²) in [7, 11) is 3.07. The first-order valence-corrected chi connectivity index (χ1v) is 7.26. The molecule has 0 saturated carbocycles. The summed E-state index contributed by atoms with van der Waals surface area (Å²) in [6.45, 7) is 3.29. The highest BCUT2D eigenvalue weighted by Gasteiger charge is 2.19. The molecule has 1 aromatic heterocycles. The zero-order valence-electron chi connectivity index (χ0n) is 12.7. The van der Waals surface area contributed by atoms with Crippen LogP contribution in [0.3, 0.4) is 0 Å². The molecule has 1 unspecified atom stereocenters. The molecule has 1 saturated heterocycles. The van der Waals surface area contributed by atoms with Gasteiger partial charge in [-0.05, 0) is 31.5 Å². The second kappa shape index (κ2) is 7.95. The molecule has 0 spiro atoms. The first-order chi connectivity index (χ1) is 10.2. The Labute approximate surface area is 125 Å². The predicted octanol–water partition coefficient (Wildman–Crippen LogP) is 1.07. The van der Waals surface area contributed by atoms with Gasteiger partial charge in [0.25, 0.3) is 0 Å². The van der Waals surface area contributed by atoms with E-state index in [-0.39, 0.29) is 5.97 Å². The van der Waals surface area contributed by atoms with E-state index in [4.69, 9.17) is 9.47 Å². The van der Waals surface area contributed by atoms with Crippen LogP contribution in [0, 0.1) is 0 Å². The van der Waals surface area contributed by atoms with Crippen molar-refractivity contribution in [2.24, 2.45) is 0 Å². The van der Waals surface area contributed by atoms with Crippen LogP contribution in [0.4, 0.5) is 5.82 Å². The smallest absolute Gasteiger partial charge is 0.338 e. The van der Waals surface area contributed by atoms with Crippen molar-refractivity contribution in [2.75, 3.05) is 45.4 Å². The van der Waals surface area contributed by atoms with E-state index in [0.717, 1.165) is 25.5 Å². The minimum atomic E-state index is -0.343. The highest BCUT2D eigenvalue weighted by Crippen LogP contribution is 2.16. The Balaban J connectivity index is 2.12. The number of hydrogen-bond acceptors (Lipinski definition) is 6. The summed E-state index contributed by atoms with van der Waals surface area (Å²) in [5.41, 5.74) is 0.518. The van der Waals surface area contributed by atoms with E-state index in [1.165, 1.54) is 20.0 Å². The third kappa shape index (κ3) is 4.41. The predicted molar refractivity (Wildman–Crippen MR) is 80.7 cm³/mol. The first kappa shape index (κ1) is 15.7. The van der Waals surface area contributed by atoms with Crippen molar-refractivity contribution < 1.29 is 14.3 Å². The van der Waals surface area contributed by atoms with Gasteiger partial charge in [-0.2, -0.15) is 0 Å². The number of nitrogens with one attached hydrogen (secondary N) is 1. The van der Waals surface area contributed by atoms with Gasteiger partial charge in [0.2, 0.25) is 0 Å². The quantitative estimate of drug-likeness (QED) is 0.759. The maximum absolute atomic E-state index is 11.6. The number of methoxy groups -OCH3 is 2. The Hall–Kier alpha value is -1.66. The van der Waals surface area contributed by atoms with Gasteiger partial charge < -0.3 is 19.7 Å². The van der Waals surface area contributed by atoms with E-state index >= 15 is 0 Å². The second-order valence-electron chi connectivity index (χ2n) is 5.13. The zero-order chi connectivity index (χ0) is 15.1. The van der Waals surface area contributed by atoms with Gasteiger partial charge >= 0.3 is 5.97 Å². The summed E-state index contributed by atoms with van der Waals surface area (Å²) in [5.74, 6) is 0.438. The van der Waals surface area contributed by atoms with Crippen LogP contribution in [0.15, 0.2) is 18.3 Å². The maximum atomic E-state index is 11.6. The lowest BCUT2D eigenvalue weighted by atomic mass is 10.2. The third-order valence-corrected chi connectivity index (χ3v) is 3.66. The number of ether oxygens (including phenoxy) is 2. The number of hydrogen-bond donors (Lipinski definition) is 1. The SMILES string of the molecule is COCCN(CC1CCCN1)c1cc(C(=O)OC)ccn1. The van der Waals surface area contributed by atoms with Crippen LogP contribution in [0.1, 0.15) is 23.2 Å². The van der Waals surface area contributed by atoms with Crippen molar-refractivity contribution in [3.8, 4) is 0 Å². The summed E-state index contributed by atoms with van der Waals surface area (Å²) < 4.78 is 9.94. The van der Waals surface area contributed by atoms with Gasteiger partial charge in [0, 0.05) is 32.4 Å². The number of aromatic nitrogens is 1. The Kier molecular flexibility index (Phi) is 5.95. The molecular formula is C15H23N3O3. The number of carbonyl (C=O) groups is 1. The van der Waals surface area contributed by atoms with E-state index in [2.05, 4.69) is 15.2 Å². The zero-order valence-corrected chi connectivity index (χ0v) is 12.7. The van der Waals surface area contributed by atoms with E-state index in [1.54, 1.807) is 25.4 Å². The fourth-order valence-corrected chi connectivity index (χ4v) is 2.52. The number of esters is 1. The molecule has 2 rings (SSSR count). The Morgan fingerprint density at radius 3 is 3.05 bits per heavy atom. The van der Waals surface area contributed by atoms with E-state index in [1.807, 2.05) is 0 Å². The van der Waals surface area contributed by atoms with Crippen LogP contribution in [-0.4, -0.2) is 57.5 Å². The lowest BCUT2D eigenvalue weighted by Crippen LogP contribution is -2.39. The van der Waals surface area contributed by atoms with Gasteiger partial charge in [-0.25, -0.2) is 9.78 Å². The molecule has 6 heteroatoms. The molecule has 0 aromatic carbocycles. The van der Waals surface area contributed by atoms with Crippen LogP contribution < -0.4 is 10.2 Å². The van der Waals surface area contributed by atoms with E-state index in [0.29, 0.717) is 18.2 Å². The lowest BCUT2D eigenvalue weighted by molar-refractivity contribution is 0.0600. The minimum Gasteiger partial charge on any atom is -0.465 e. The van der Waals surface area contributed by atoms with Gasteiger partial charge in [-0.15, -0.1) is 0 Å². The molecule has 116 valence electrons. The highest BCUT2D eigenvalue weighted by atomic mass is 16.5. The van der Waals surface area contributed by atoms with Crippen LogP contribution in [0.25, 0.3) is 0 Å². The first-order valence-electron chi connectivity index (χ1n) is 7.26. The second-order valence-corrected chi connectivity index (χ2v) is 5.13. The molecule has 1 fully saturated rings. The summed E-state index contributed by atoms with van der Waals surface area (Å²) in [6.07, 6.45) is 4.02. The molecule has 2 heterocycles. The topological polar surface area (TPSA) is 63.7 Å². The van der Waals surface area contributed by atoms with Crippen molar-refractivity contribution in [3.63, 3.8) is 0 Å². The van der Waals surface area contributed by atoms with Gasteiger partial charge in [-0.1, -0.05) is 0 Å². The summed E-state index contributed by atoms with van der Waals surface area (Å²) >= 11 is 0. The minimum absolute atomic E-state index is 0.343. The average molecular weight is 293 g/mol. The van der Waals surface area contributed by atoms with Crippen LogP contribution in [0.2, 0.25) is 0 Å². The van der Waals surface area contributed by atoms with E-state index in [9.17, 15) is 4.79 Å². The molecule has 1 N–H and O–H groups in total. The molecule has 1 aliphatic heterocycles. The van der Waals surface area contributed by atoms with Crippen molar-refractivity contribution >= 4 is 11.8 Å². The number of rotatable bonds is 7. The van der Waals surface area contributed by atoms with Crippen LogP contribution in [0.5, 0.6) is 0 Å². The molecule has 0 aliphatic carbocycles. The average Bonchev–Trinajstić information content (AvgIpc) is 3.03. The van der Waals surface area contributed by atoms with Crippen molar-refractivity contribution in [1.82, 2.24) is 10.3 Å². The Morgan fingerprint density at radius 2 is 2.38 bits per heavy atom. The lowest BCUT2D eigenvalue weighted by Gasteiger charge is -2.26. The van der Waals surface area contributed by atoms with Gasteiger partial charge in [0.05, 0.1) is 19.3 Å². The summed E-state index contributed by atoms with van der Waals surface area (Å²) in [6, 6.07) is 3.90. The molecule has 0 bridgehead atoms. The van der Waals surface area contributed by atoms with Crippen LogP contribution >= 0.6 is 0 Å². The number of pyridine rings is 1. The van der Waals surface area contributed by atoms with Crippen LogP contribution in [-0.2, 0) is 9.47 Å². The van der Waals surface area contributed by atoms with Gasteiger partial charge in [-0.3, -0.25) is 0 Å². The van der Waals surface area contributed by atoms with Crippen molar-refractivity contribution in [2.45, 2.75) is 18.9 Å². The number of nitrogens with zero attached hydrogens (tertiary/aromatic N) is 2. The largest absolute Gasteiger partial charge is 0.465 e. The fraction of sp³-hybridized carbons (Fsp3) is 0.600. The van der Waals surface area contributed by atoms with Crippen molar-refractivity contribution in [3.05, 3.63) is 23.9 Å². The molecule has 6 nitrogen and oxygen atoms in total. The normalized spacial score (nSPS) is 17.7. The summed E-state index contributed by atoms with van der Waals surface area (Å²) in [4.78, 5) is 18.2. The monoisotopic (exact) mass is 293 g/mol. The Bertz CT molecular complexity index is 461. The fourth-order valence-electron chi connectivity index (χ4n) is 2.52. The van der Waals surface area contributed by atoms with Gasteiger partial charge in [0.1, 0.15) is 5.82 Å². The number of carbonyl (C=O) groups excluding carboxylic acids is 1. The molecular weight excluding hydrogens is 270 g/mol. The summed E-state index contributed by atoms with van der Waals surface area (Å²) in [5, 5.41) is 3.48. The highest BCUT2D eigenvalue weighted by molar-refractivity contribution is 5.90. The van der Waals surface area contributed by atoms with Crippen molar-refractivity contribution in [1.29, 1.82) is 0 Å². The molecule has 0 amide bonds. The maximum Gasteiger partial charge on any atom is 0.338 e. The Morgan fingerprint density at radius 1 is 1.52 bits per heavy atom. The molecule has 21 heavy (non-hydrogen) atoms. The van der Waals surface area contributed by atoms with E-state index < -0.39 is 0 Å². The molecule has 1 aliphatic rings. The third-order valence-electron chi connectivity index (χ3n) is 3.66. The standard InChI is InChI=1S/C15H23N3O3/c1-20-9-8-18(11-13-4-3-6-16-13)14-10-12(5-7-17-14)15(19)21-2/h5,7,10,13,16H,3-4,6,8-9,11H2,1-2H3. The number of anilines is 1. The molecule has 1 atom stereocenters. The van der Waals surface area contributed by atoms with Gasteiger partial charge in [0.15, 0.2) is 0 Å². The molecule has 1 aromatic rings.